The molecule has 0 amide bonds. The van der Waals surface area contributed by atoms with E-state index in [1.807, 2.05) is 0 Å². The molecule has 14 heavy (non-hydrogen) atoms. The van der Waals surface area contributed by atoms with Crippen molar-refractivity contribution in [2.45, 2.75) is 6.92 Å². The second-order valence-corrected chi connectivity index (χ2v) is 2.59. The van der Waals surface area contributed by atoms with Crippen LogP contribution >= 0.6 is 0 Å². The molecule has 1 rings (SSSR count). The van der Waals surface area contributed by atoms with Crippen molar-refractivity contribution in [3.05, 3.63) is 34.9 Å². The third-order valence-electron chi connectivity index (χ3n) is 1.79. The van der Waals surface area contributed by atoms with Crippen molar-refractivity contribution in [3.8, 4) is 0 Å². The van der Waals surface area contributed by atoms with E-state index in [2.05, 4.69) is 0 Å². The first-order valence-corrected chi connectivity index (χ1v) is 3.60. The van der Waals surface area contributed by atoms with Crippen LogP contribution in [0.1, 0.15) is 26.3 Å². The summed E-state index contributed by atoms with van der Waals surface area (Å²) in [7, 11) is 0. The molecule has 76 valence electrons. The molecule has 1 aromatic rings. The van der Waals surface area contributed by atoms with Gasteiger partial charge in [-0.1, -0.05) is 6.07 Å². The van der Waals surface area contributed by atoms with Gasteiger partial charge in [-0.25, -0.2) is 9.59 Å². The average Bonchev–Trinajstić information content (AvgIpc) is 2.03. The molecule has 0 unspecified atom stereocenters. The third kappa shape index (κ3) is 2.08. The zero-order chi connectivity index (χ0) is 10.0. The van der Waals surface area contributed by atoms with E-state index in [1.165, 1.54) is 25.1 Å². The van der Waals surface area contributed by atoms with Crippen LogP contribution in [0.2, 0.25) is 0 Å². The summed E-state index contributed by atoms with van der Waals surface area (Å²) in [5, 5.41) is 17.4. The second-order valence-electron chi connectivity index (χ2n) is 2.59. The number of aromatic carboxylic acids is 2. The molecule has 0 radical (unpaired) electrons. The Morgan fingerprint density at radius 2 is 1.43 bits per heavy atom. The standard InChI is InChI=1S/C9H8O4.H2O/c1-5-6(8(10)11)3-2-4-7(5)9(12)13;/h2-4H,1H3,(H,10,11)(H,12,13);1H2. The van der Waals surface area contributed by atoms with Crippen molar-refractivity contribution in [2.24, 2.45) is 0 Å². The lowest BCUT2D eigenvalue weighted by Crippen LogP contribution is -2.06. The first kappa shape index (κ1) is 12.1. The van der Waals surface area contributed by atoms with E-state index in [4.69, 9.17) is 10.2 Å². The zero-order valence-corrected chi connectivity index (χ0v) is 7.44. The van der Waals surface area contributed by atoms with Crippen molar-refractivity contribution in [1.82, 2.24) is 0 Å². The minimum Gasteiger partial charge on any atom is -0.478 e. The Bertz CT molecular complexity index is 337. The molecule has 0 spiro atoms. The number of hydrogen-bond acceptors (Lipinski definition) is 2. The predicted molar refractivity (Wildman–Crippen MR) is 48.7 cm³/mol. The average molecular weight is 198 g/mol. The minimum absolute atomic E-state index is 0. The largest absolute Gasteiger partial charge is 0.478 e. The normalized spacial score (nSPS) is 8.93. The molecule has 0 bridgehead atoms. The maximum absolute atomic E-state index is 10.6. The third-order valence-corrected chi connectivity index (χ3v) is 1.79. The molecule has 0 heterocycles. The number of carboxylic acid groups (broad SMARTS) is 2. The van der Waals surface area contributed by atoms with E-state index >= 15 is 0 Å². The zero-order valence-electron chi connectivity index (χ0n) is 7.44. The van der Waals surface area contributed by atoms with Crippen molar-refractivity contribution in [1.29, 1.82) is 0 Å². The highest BCUT2D eigenvalue weighted by molar-refractivity contribution is 5.96. The minimum atomic E-state index is -1.11. The molecule has 4 N–H and O–H groups in total. The topological polar surface area (TPSA) is 106 Å². The summed E-state index contributed by atoms with van der Waals surface area (Å²) in [6.07, 6.45) is 0. The Kier molecular flexibility index (Phi) is 3.79. The van der Waals surface area contributed by atoms with E-state index < -0.39 is 11.9 Å². The Labute approximate surface area is 79.9 Å². The van der Waals surface area contributed by atoms with Gasteiger partial charge in [0.15, 0.2) is 0 Å². The Hall–Kier alpha value is -1.88. The van der Waals surface area contributed by atoms with Crippen LogP contribution in [-0.4, -0.2) is 27.6 Å². The Morgan fingerprint density at radius 3 is 1.71 bits per heavy atom. The number of carbonyl (C=O) groups is 2. The fourth-order valence-electron chi connectivity index (χ4n) is 1.10. The molecule has 0 saturated heterocycles. The summed E-state index contributed by atoms with van der Waals surface area (Å²) in [6, 6.07) is 4.17. The van der Waals surface area contributed by atoms with Crippen LogP contribution in [0, 0.1) is 6.92 Å². The van der Waals surface area contributed by atoms with Gasteiger partial charge in [0, 0.05) is 0 Å². The lowest BCUT2D eigenvalue weighted by atomic mass is 10.0. The summed E-state index contributed by atoms with van der Waals surface area (Å²) in [5.74, 6) is -2.22. The van der Waals surface area contributed by atoms with Gasteiger partial charge in [-0.3, -0.25) is 0 Å². The van der Waals surface area contributed by atoms with E-state index in [0.717, 1.165) is 0 Å². The molecule has 0 atom stereocenters. The molecule has 0 aliphatic rings. The van der Waals surface area contributed by atoms with Gasteiger partial charge in [0.05, 0.1) is 11.1 Å². The molecular weight excluding hydrogens is 188 g/mol. The molecule has 1 aromatic carbocycles. The van der Waals surface area contributed by atoms with E-state index in [1.54, 1.807) is 0 Å². The van der Waals surface area contributed by atoms with Crippen molar-refractivity contribution in [2.75, 3.05) is 0 Å². The van der Waals surface area contributed by atoms with Gasteiger partial charge < -0.3 is 15.7 Å². The number of benzene rings is 1. The van der Waals surface area contributed by atoms with E-state index in [-0.39, 0.29) is 22.2 Å². The maximum Gasteiger partial charge on any atom is 0.335 e. The molecule has 0 saturated carbocycles. The highest BCUT2D eigenvalue weighted by Gasteiger charge is 2.13. The van der Waals surface area contributed by atoms with Gasteiger partial charge in [-0.15, -0.1) is 0 Å². The van der Waals surface area contributed by atoms with Gasteiger partial charge >= 0.3 is 11.9 Å². The SMILES string of the molecule is Cc1c(C(=O)O)cccc1C(=O)O.O. The fourth-order valence-corrected chi connectivity index (χ4v) is 1.10. The number of hydrogen-bond donors (Lipinski definition) is 2. The molecule has 0 aliphatic heterocycles. The molecule has 0 fully saturated rings. The Balaban J connectivity index is 0.00000169. The number of rotatable bonds is 2. The van der Waals surface area contributed by atoms with Gasteiger partial charge in [-0.05, 0) is 24.6 Å². The maximum atomic E-state index is 10.6. The second kappa shape index (κ2) is 4.38. The van der Waals surface area contributed by atoms with Gasteiger partial charge in [0.1, 0.15) is 0 Å². The summed E-state index contributed by atoms with van der Waals surface area (Å²) in [4.78, 5) is 21.2. The van der Waals surface area contributed by atoms with E-state index in [0.29, 0.717) is 0 Å². The first-order chi connectivity index (χ1) is 6.04. The Morgan fingerprint density at radius 1 is 1.07 bits per heavy atom. The van der Waals surface area contributed by atoms with Crippen LogP contribution in [-0.2, 0) is 0 Å². The summed E-state index contributed by atoms with van der Waals surface area (Å²) < 4.78 is 0. The summed E-state index contributed by atoms with van der Waals surface area (Å²) in [6.45, 7) is 1.48. The van der Waals surface area contributed by atoms with Crippen LogP contribution in [0.15, 0.2) is 18.2 Å². The van der Waals surface area contributed by atoms with Crippen molar-refractivity contribution < 1.29 is 25.3 Å². The van der Waals surface area contributed by atoms with Crippen LogP contribution in [0.5, 0.6) is 0 Å². The van der Waals surface area contributed by atoms with Crippen molar-refractivity contribution >= 4 is 11.9 Å². The fraction of sp³-hybridized carbons (Fsp3) is 0.111. The molecule has 0 aromatic heterocycles. The van der Waals surface area contributed by atoms with Gasteiger partial charge in [0.25, 0.3) is 0 Å². The van der Waals surface area contributed by atoms with Crippen LogP contribution in [0.3, 0.4) is 0 Å². The van der Waals surface area contributed by atoms with Gasteiger partial charge in [0.2, 0.25) is 0 Å². The quantitative estimate of drug-likeness (QED) is 0.724. The molecular formula is C9H10O5. The van der Waals surface area contributed by atoms with Crippen LogP contribution in [0.25, 0.3) is 0 Å². The lowest BCUT2D eigenvalue weighted by Gasteiger charge is -2.03. The summed E-state index contributed by atoms with van der Waals surface area (Å²) in [5.41, 5.74) is 0.335. The predicted octanol–water partition coefficient (Wildman–Crippen LogP) is 0.567. The smallest absolute Gasteiger partial charge is 0.335 e. The molecule has 0 aliphatic carbocycles. The molecule has 5 heteroatoms. The van der Waals surface area contributed by atoms with Crippen LogP contribution < -0.4 is 0 Å². The lowest BCUT2D eigenvalue weighted by molar-refractivity contribution is 0.0696. The highest BCUT2D eigenvalue weighted by Crippen LogP contribution is 2.13. The van der Waals surface area contributed by atoms with Gasteiger partial charge in [-0.2, -0.15) is 0 Å². The van der Waals surface area contributed by atoms with Crippen LogP contribution in [0.4, 0.5) is 0 Å². The number of carboxylic acids is 2. The summed E-state index contributed by atoms with van der Waals surface area (Å²) >= 11 is 0. The first-order valence-electron chi connectivity index (χ1n) is 3.60. The monoisotopic (exact) mass is 198 g/mol. The van der Waals surface area contributed by atoms with E-state index in [9.17, 15) is 9.59 Å². The van der Waals surface area contributed by atoms with Crippen molar-refractivity contribution in [3.63, 3.8) is 0 Å². The molecule has 5 nitrogen and oxygen atoms in total. The highest BCUT2D eigenvalue weighted by atomic mass is 16.4.